The van der Waals surface area contributed by atoms with Crippen LogP contribution in [0, 0.1) is 17.0 Å². The van der Waals surface area contributed by atoms with E-state index in [1.807, 2.05) is 37.3 Å². The zero-order valence-electron chi connectivity index (χ0n) is 17.4. The molecule has 1 unspecified atom stereocenters. The van der Waals surface area contributed by atoms with Gasteiger partial charge in [0, 0.05) is 37.3 Å². The molecule has 1 fully saturated rings. The normalized spacial score (nSPS) is 15.6. The van der Waals surface area contributed by atoms with Crippen LogP contribution in [0.15, 0.2) is 53.1 Å². The van der Waals surface area contributed by atoms with Crippen molar-refractivity contribution in [3.8, 4) is 11.4 Å². The number of aromatic nitrogens is 2. The topological polar surface area (TPSA) is 106 Å². The molecule has 1 saturated heterocycles. The second-order valence-electron chi connectivity index (χ2n) is 7.55. The van der Waals surface area contributed by atoms with Crippen LogP contribution < -0.4 is 0 Å². The van der Waals surface area contributed by atoms with Crippen LogP contribution in [-0.2, 0) is 0 Å². The Bertz CT molecular complexity index is 1090. The highest BCUT2D eigenvalue weighted by atomic mass is 16.6. The average Bonchev–Trinajstić information content (AvgIpc) is 3.29. The number of nitro groups is 1. The largest absolute Gasteiger partial charge is 0.337 e. The number of carbonyl (C=O) groups excluding carboxylic acids is 1. The molecule has 1 atom stereocenters. The van der Waals surface area contributed by atoms with Crippen LogP contribution >= 0.6 is 0 Å². The highest BCUT2D eigenvalue weighted by Crippen LogP contribution is 2.27. The molecule has 160 valence electrons. The van der Waals surface area contributed by atoms with E-state index < -0.39 is 4.92 Å². The monoisotopic (exact) mass is 421 g/mol. The summed E-state index contributed by atoms with van der Waals surface area (Å²) < 4.78 is 5.47. The molecule has 31 heavy (non-hydrogen) atoms. The Morgan fingerprint density at radius 1 is 1.10 bits per heavy atom. The molecule has 3 aromatic rings. The molecule has 1 aliphatic rings. The molecular formula is C22H23N5O4. The lowest BCUT2D eigenvalue weighted by atomic mass is 10.1. The minimum atomic E-state index is -0.485. The van der Waals surface area contributed by atoms with Crippen molar-refractivity contribution in [2.24, 2.45) is 0 Å². The zero-order valence-corrected chi connectivity index (χ0v) is 17.4. The maximum absolute atomic E-state index is 12.9. The molecule has 0 N–H and O–H groups in total. The van der Waals surface area contributed by atoms with Crippen LogP contribution in [-0.4, -0.2) is 56.9 Å². The van der Waals surface area contributed by atoms with Gasteiger partial charge in [0.15, 0.2) is 0 Å². The second-order valence-corrected chi connectivity index (χ2v) is 7.55. The maximum Gasteiger partial charge on any atom is 0.285 e. The first-order valence-corrected chi connectivity index (χ1v) is 10.1. The summed E-state index contributed by atoms with van der Waals surface area (Å²) >= 11 is 0. The maximum atomic E-state index is 12.9. The quantitative estimate of drug-likeness (QED) is 0.459. The lowest BCUT2D eigenvalue weighted by molar-refractivity contribution is -0.385. The van der Waals surface area contributed by atoms with Crippen LogP contribution in [0.2, 0.25) is 0 Å². The van der Waals surface area contributed by atoms with Crippen LogP contribution in [0.25, 0.3) is 11.4 Å². The van der Waals surface area contributed by atoms with Gasteiger partial charge in [0.2, 0.25) is 11.7 Å². The Balaban J connectivity index is 1.42. The number of hydrogen-bond donors (Lipinski definition) is 0. The van der Waals surface area contributed by atoms with Crippen molar-refractivity contribution in [2.45, 2.75) is 19.9 Å². The third-order valence-corrected chi connectivity index (χ3v) is 5.63. The molecule has 1 aliphatic heterocycles. The predicted molar refractivity (Wildman–Crippen MR) is 113 cm³/mol. The van der Waals surface area contributed by atoms with E-state index in [-0.39, 0.29) is 23.2 Å². The first-order chi connectivity index (χ1) is 15.0. The van der Waals surface area contributed by atoms with Crippen molar-refractivity contribution >= 4 is 11.6 Å². The van der Waals surface area contributed by atoms with E-state index in [1.165, 1.54) is 6.07 Å². The third kappa shape index (κ3) is 4.17. The molecule has 0 aliphatic carbocycles. The Labute approximate surface area is 179 Å². The van der Waals surface area contributed by atoms with E-state index in [4.69, 9.17) is 4.52 Å². The number of amides is 1. The van der Waals surface area contributed by atoms with Crippen molar-refractivity contribution in [3.63, 3.8) is 0 Å². The van der Waals surface area contributed by atoms with Gasteiger partial charge in [0.25, 0.3) is 11.6 Å². The Morgan fingerprint density at radius 3 is 2.48 bits per heavy atom. The van der Waals surface area contributed by atoms with Crippen LogP contribution in [0.5, 0.6) is 0 Å². The van der Waals surface area contributed by atoms with Crippen molar-refractivity contribution in [3.05, 3.63) is 75.7 Å². The standard InChI is InChI=1S/C22H23N5O4/c1-15-7-6-10-18(19(15)27(29)30)22(28)26-13-11-25(12-14-26)16(2)21-23-20(24-31-21)17-8-4-3-5-9-17/h3-10,16H,11-14H2,1-2H3. The lowest BCUT2D eigenvalue weighted by Crippen LogP contribution is -2.49. The molecule has 9 nitrogen and oxygen atoms in total. The van der Waals surface area contributed by atoms with Gasteiger partial charge in [-0.15, -0.1) is 0 Å². The van der Waals surface area contributed by atoms with Gasteiger partial charge in [-0.05, 0) is 19.9 Å². The van der Waals surface area contributed by atoms with E-state index >= 15 is 0 Å². The van der Waals surface area contributed by atoms with Crippen molar-refractivity contribution in [2.75, 3.05) is 26.2 Å². The number of nitrogens with zero attached hydrogens (tertiary/aromatic N) is 5. The fourth-order valence-electron chi connectivity index (χ4n) is 3.82. The predicted octanol–water partition coefficient (Wildman–Crippen LogP) is 3.47. The smallest absolute Gasteiger partial charge is 0.285 e. The fourth-order valence-corrected chi connectivity index (χ4v) is 3.82. The van der Waals surface area contributed by atoms with Gasteiger partial charge in [-0.1, -0.05) is 47.6 Å². The minimum absolute atomic E-state index is 0.101. The molecule has 0 radical (unpaired) electrons. The zero-order chi connectivity index (χ0) is 22.0. The summed E-state index contributed by atoms with van der Waals surface area (Å²) in [5.41, 5.74) is 1.38. The molecule has 1 aromatic heterocycles. The van der Waals surface area contributed by atoms with E-state index in [9.17, 15) is 14.9 Å². The number of hydrogen-bond acceptors (Lipinski definition) is 7. The number of rotatable bonds is 5. The highest BCUT2D eigenvalue weighted by Gasteiger charge is 2.31. The Hall–Kier alpha value is -3.59. The molecule has 2 heterocycles. The highest BCUT2D eigenvalue weighted by molar-refractivity contribution is 5.98. The van der Waals surface area contributed by atoms with E-state index in [1.54, 1.807) is 24.0 Å². The summed E-state index contributed by atoms with van der Waals surface area (Å²) in [4.78, 5) is 32.2. The summed E-state index contributed by atoms with van der Waals surface area (Å²) in [5, 5.41) is 15.5. The Morgan fingerprint density at radius 2 is 1.81 bits per heavy atom. The average molecular weight is 421 g/mol. The number of nitro benzene ring substituents is 1. The van der Waals surface area contributed by atoms with Gasteiger partial charge in [-0.3, -0.25) is 19.8 Å². The summed E-state index contributed by atoms with van der Waals surface area (Å²) in [7, 11) is 0. The SMILES string of the molecule is Cc1cccc(C(=O)N2CCN(C(C)c3nc(-c4ccccc4)no3)CC2)c1[N+](=O)[O-]. The minimum Gasteiger partial charge on any atom is -0.337 e. The summed E-state index contributed by atoms with van der Waals surface area (Å²) in [6.45, 7) is 5.78. The number of aryl methyl sites for hydroxylation is 1. The first-order valence-electron chi connectivity index (χ1n) is 10.1. The second kappa shape index (κ2) is 8.65. The number of para-hydroxylation sites is 1. The van der Waals surface area contributed by atoms with Gasteiger partial charge in [0.05, 0.1) is 11.0 Å². The Kier molecular flexibility index (Phi) is 5.77. The number of carbonyl (C=O) groups is 1. The van der Waals surface area contributed by atoms with E-state index in [2.05, 4.69) is 15.0 Å². The van der Waals surface area contributed by atoms with Crippen LogP contribution in [0.3, 0.4) is 0 Å². The van der Waals surface area contributed by atoms with E-state index in [0.717, 1.165) is 5.56 Å². The first kappa shape index (κ1) is 20.7. The van der Waals surface area contributed by atoms with Crippen molar-refractivity contribution < 1.29 is 14.2 Å². The summed E-state index contributed by atoms with van der Waals surface area (Å²) in [6, 6.07) is 14.4. The summed E-state index contributed by atoms with van der Waals surface area (Å²) in [6.07, 6.45) is 0. The van der Waals surface area contributed by atoms with Crippen molar-refractivity contribution in [1.82, 2.24) is 19.9 Å². The third-order valence-electron chi connectivity index (χ3n) is 5.63. The number of benzene rings is 2. The molecule has 0 saturated carbocycles. The molecule has 2 aromatic carbocycles. The molecule has 9 heteroatoms. The lowest BCUT2D eigenvalue weighted by Gasteiger charge is -2.36. The van der Waals surface area contributed by atoms with Gasteiger partial charge in [-0.2, -0.15) is 4.98 Å². The van der Waals surface area contributed by atoms with Gasteiger partial charge < -0.3 is 9.42 Å². The van der Waals surface area contributed by atoms with Crippen LogP contribution in [0.4, 0.5) is 5.69 Å². The van der Waals surface area contributed by atoms with Crippen molar-refractivity contribution in [1.29, 1.82) is 0 Å². The number of piperazine rings is 1. The molecule has 4 rings (SSSR count). The molecular weight excluding hydrogens is 398 g/mol. The van der Waals surface area contributed by atoms with Crippen LogP contribution in [0.1, 0.15) is 34.8 Å². The van der Waals surface area contributed by atoms with Gasteiger partial charge in [0.1, 0.15) is 5.56 Å². The molecule has 1 amide bonds. The van der Waals surface area contributed by atoms with Gasteiger partial charge in [-0.25, -0.2) is 0 Å². The molecule has 0 bridgehead atoms. The molecule has 0 spiro atoms. The summed E-state index contributed by atoms with van der Waals surface area (Å²) in [5.74, 6) is 0.753. The van der Waals surface area contributed by atoms with E-state index in [0.29, 0.717) is 43.5 Å². The van der Waals surface area contributed by atoms with Gasteiger partial charge >= 0.3 is 0 Å². The fraction of sp³-hybridized carbons (Fsp3) is 0.318.